The van der Waals surface area contributed by atoms with Crippen molar-refractivity contribution in [3.05, 3.63) is 64.7 Å². The lowest BCUT2D eigenvalue weighted by Crippen LogP contribution is -2.16. The molecule has 4 heteroatoms. The number of fused-ring (bicyclic) bond motifs is 1. The van der Waals surface area contributed by atoms with Crippen molar-refractivity contribution in [2.75, 3.05) is 5.32 Å². The van der Waals surface area contributed by atoms with Crippen LogP contribution in [0.15, 0.2) is 36.4 Å². The number of nitrogens with one attached hydrogen (secondary N) is 1. The lowest BCUT2D eigenvalue weighted by molar-refractivity contribution is -0.115. The van der Waals surface area contributed by atoms with Crippen LogP contribution in [0.1, 0.15) is 29.5 Å². The van der Waals surface area contributed by atoms with Gasteiger partial charge in [0.05, 0.1) is 12.1 Å². The number of amides is 1. The summed E-state index contributed by atoms with van der Waals surface area (Å²) in [5.74, 6) is -1.73. The summed E-state index contributed by atoms with van der Waals surface area (Å²) in [6, 6.07) is 9.21. The summed E-state index contributed by atoms with van der Waals surface area (Å²) in [4.78, 5) is 12.0. The summed E-state index contributed by atoms with van der Waals surface area (Å²) >= 11 is 0. The minimum absolute atomic E-state index is 0.00404. The second-order valence-corrected chi connectivity index (χ2v) is 5.66. The highest BCUT2D eigenvalue weighted by molar-refractivity contribution is 5.92. The maximum absolute atomic E-state index is 13.5. The Morgan fingerprint density at radius 2 is 1.77 bits per heavy atom. The van der Waals surface area contributed by atoms with Crippen molar-refractivity contribution in [1.29, 1.82) is 0 Å². The van der Waals surface area contributed by atoms with Gasteiger partial charge in [-0.1, -0.05) is 18.2 Å². The van der Waals surface area contributed by atoms with Gasteiger partial charge in [-0.05, 0) is 54.5 Å². The van der Waals surface area contributed by atoms with Crippen LogP contribution in [0.4, 0.5) is 14.5 Å². The summed E-state index contributed by atoms with van der Waals surface area (Å²) in [6.07, 6.45) is 4.74. The molecule has 0 unspecified atom stereocenters. The van der Waals surface area contributed by atoms with Gasteiger partial charge in [-0.25, -0.2) is 8.78 Å². The van der Waals surface area contributed by atoms with E-state index in [0.717, 1.165) is 30.5 Å². The van der Waals surface area contributed by atoms with Gasteiger partial charge in [-0.3, -0.25) is 4.79 Å². The molecule has 1 N–H and O–H groups in total. The standard InChI is InChI=1S/C18H17F2NO/c19-15-7-8-17(16(20)11-15)21-18(22)10-12-5-6-13-3-1-2-4-14(13)9-12/h5-9,11H,1-4,10H2,(H,21,22). The predicted molar refractivity (Wildman–Crippen MR) is 81.8 cm³/mol. The Labute approximate surface area is 128 Å². The number of rotatable bonds is 3. The fourth-order valence-electron chi connectivity index (χ4n) is 2.87. The molecule has 0 aromatic heterocycles. The summed E-state index contributed by atoms with van der Waals surface area (Å²) in [5.41, 5.74) is 3.59. The van der Waals surface area contributed by atoms with Crippen molar-refractivity contribution in [2.24, 2.45) is 0 Å². The average Bonchev–Trinajstić information content (AvgIpc) is 2.50. The number of carbonyl (C=O) groups is 1. The van der Waals surface area contributed by atoms with E-state index in [2.05, 4.69) is 17.4 Å². The molecule has 114 valence electrons. The Kier molecular flexibility index (Phi) is 4.18. The van der Waals surface area contributed by atoms with Crippen LogP contribution >= 0.6 is 0 Å². The van der Waals surface area contributed by atoms with E-state index >= 15 is 0 Å². The highest BCUT2D eigenvalue weighted by Gasteiger charge is 2.12. The third-order valence-corrected chi connectivity index (χ3v) is 3.98. The van der Waals surface area contributed by atoms with Crippen LogP contribution in [0, 0.1) is 11.6 Å². The van der Waals surface area contributed by atoms with Crippen LogP contribution in [0.5, 0.6) is 0 Å². The summed E-state index contributed by atoms with van der Waals surface area (Å²) in [5, 5.41) is 2.49. The maximum atomic E-state index is 13.5. The first kappa shape index (κ1) is 14.7. The van der Waals surface area contributed by atoms with Gasteiger partial charge < -0.3 is 5.32 Å². The number of aryl methyl sites for hydroxylation is 2. The molecule has 0 heterocycles. The Bertz CT molecular complexity index is 712. The van der Waals surface area contributed by atoms with Gasteiger partial charge in [0.25, 0.3) is 0 Å². The zero-order chi connectivity index (χ0) is 15.5. The van der Waals surface area contributed by atoms with E-state index < -0.39 is 11.6 Å². The first-order valence-electron chi connectivity index (χ1n) is 7.47. The average molecular weight is 301 g/mol. The third-order valence-electron chi connectivity index (χ3n) is 3.98. The van der Waals surface area contributed by atoms with Crippen LogP contribution in [-0.2, 0) is 24.1 Å². The molecular formula is C18H17F2NO. The Hall–Kier alpha value is -2.23. The molecule has 0 saturated heterocycles. The number of hydrogen-bond donors (Lipinski definition) is 1. The molecule has 1 aliphatic carbocycles. The molecule has 1 amide bonds. The second kappa shape index (κ2) is 6.26. The van der Waals surface area contributed by atoms with E-state index in [0.29, 0.717) is 0 Å². The molecule has 0 fully saturated rings. The number of benzene rings is 2. The predicted octanol–water partition coefficient (Wildman–Crippen LogP) is 4.02. The number of halogens is 2. The van der Waals surface area contributed by atoms with Crippen LogP contribution in [0.25, 0.3) is 0 Å². The normalized spacial score (nSPS) is 13.5. The number of anilines is 1. The molecular weight excluding hydrogens is 284 g/mol. The molecule has 0 spiro atoms. The fraction of sp³-hybridized carbons (Fsp3) is 0.278. The van der Waals surface area contributed by atoms with Gasteiger partial charge in [0.1, 0.15) is 11.6 Å². The highest BCUT2D eigenvalue weighted by atomic mass is 19.1. The minimum Gasteiger partial charge on any atom is -0.323 e. The number of carbonyl (C=O) groups excluding carboxylic acids is 1. The lowest BCUT2D eigenvalue weighted by Gasteiger charge is -2.16. The van der Waals surface area contributed by atoms with Crippen LogP contribution < -0.4 is 5.32 Å². The first-order valence-corrected chi connectivity index (χ1v) is 7.47. The zero-order valence-corrected chi connectivity index (χ0v) is 12.2. The molecule has 2 nitrogen and oxygen atoms in total. The second-order valence-electron chi connectivity index (χ2n) is 5.66. The molecule has 0 bridgehead atoms. The van der Waals surface area contributed by atoms with E-state index in [1.54, 1.807) is 0 Å². The Morgan fingerprint density at radius 1 is 1.00 bits per heavy atom. The highest BCUT2D eigenvalue weighted by Crippen LogP contribution is 2.22. The molecule has 0 radical (unpaired) electrons. The Balaban J connectivity index is 1.69. The van der Waals surface area contributed by atoms with Crippen LogP contribution in [0.3, 0.4) is 0 Å². The quantitative estimate of drug-likeness (QED) is 0.911. The van der Waals surface area contributed by atoms with Crippen molar-refractivity contribution < 1.29 is 13.6 Å². The Morgan fingerprint density at radius 3 is 2.55 bits per heavy atom. The molecule has 2 aromatic rings. The van der Waals surface area contributed by atoms with Crippen LogP contribution in [-0.4, -0.2) is 5.91 Å². The minimum atomic E-state index is -0.765. The largest absolute Gasteiger partial charge is 0.323 e. The van der Waals surface area contributed by atoms with E-state index in [1.165, 1.54) is 30.0 Å². The van der Waals surface area contributed by atoms with Crippen LogP contribution in [0.2, 0.25) is 0 Å². The summed E-state index contributed by atoms with van der Waals surface area (Å²) in [6.45, 7) is 0. The first-order chi connectivity index (χ1) is 10.6. The molecule has 0 saturated carbocycles. The molecule has 0 atom stereocenters. The van der Waals surface area contributed by atoms with Gasteiger partial charge in [-0.2, -0.15) is 0 Å². The van der Waals surface area contributed by atoms with Gasteiger partial charge in [-0.15, -0.1) is 0 Å². The summed E-state index contributed by atoms with van der Waals surface area (Å²) in [7, 11) is 0. The molecule has 22 heavy (non-hydrogen) atoms. The third kappa shape index (κ3) is 3.32. The molecule has 0 aliphatic heterocycles. The van der Waals surface area contributed by atoms with Crippen molar-refractivity contribution in [1.82, 2.24) is 0 Å². The lowest BCUT2D eigenvalue weighted by atomic mass is 9.90. The van der Waals surface area contributed by atoms with Crippen molar-refractivity contribution in [3.8, 4) is 0 Å². The van der Waals surface area contributed by atoms with Crippen molar-refractivity contribution in [3.63, 3.8) is 0 Å². The SMILES string of the molecule is O=C(Cc1ccc2c(c1)CCCC2)Nc1ccc(F)cc1F. The van der Waals surface area contributed by atoms with E-state index in [1.807, 2.05) is 6.07 Å². The maximum Gasteiger partial charge on any atom is 0.228 e. The molecule has 1 aliphatic rings. The van der Waals surface area contributed by atoms with E-state index in [9.17, 15) is 13.6 Å². The van der Waals surface area contributed by atoms with E-state index in [4.69, 9.17) is 0 Å². The molecule has 3 rings (SSSR count). The smallest absolute Gasteiger partial charge is 0.228 e. The number of hydrogen-bond acceptors (Lipinski definition) is 1. The van der Waals surface area contributed by atoms with E-state index in [-0.39, 0.29) is 18.0 Å². The van der Waals surface area contributed by atoms with Crippen molar-refractivity contribution >= 4 is 11.6 Å². The monoisotopic (exact) mass is 301 g/mol. The van der Waals surface area contributed by atoms with Gasteiger partial charge in [0.2, 0.25) is 5.91 Å². The fourth-order valence-corrected chi connectivity index (χ4v) is 2.87. The zero-order valence-electron chi connectivity index (χ0n) is 12.2. The topological polar surface area (TPSA) is 29.1 Å². The summed E-state index contributed by atoms with van der Waals surface area (Å²) < 4.78 is 26.4. The van der Waals surface area contributed by atoms with Gasteiger partial charge in [0, 0.05) is 6.07 Å². The van der Waals surface area contributed by atoms with Gasteiger partial charge >= 0.3 is 0 Å². The molecule has 2 aromatic carbocycles. The van der Waals surface area contributed by atoms with Gasteiger partial charge in [0.15, 0.2) is 0 Å². The van der Waals surface area contributed by atoms with Crippen molar-refractivity contribution in [2.45, 2.75) is 32.1 Å².